The van der Waals surface area contributed by atoms with Gasteiger partial charge >= 0.3 is 5.97 Å². The predicted molar refractivity (Wildman–Crippen MR) is 85.0 cm³/mol. The van der Waals surface area contributed by atoms with Gasteiger partial charge in [0.1, 0.15) is 5.82 Å². The lowest BCUT2D eigenvalue weighted by atomic mass is 9.99. The summed E-state index contributed by atoms with van der Waals surface area (Å²) in [6, 6.07) is 5.57. The van der Waals surface area contributed by atoms with Crippen molar-refractivity contribution in [2.24, 2.45) is 0 Å². The number of hydrogen-bond donors (Lipinski definition) is 2. The first-order chi connectivity index (χ1) is 11.6. The minimum atomic E-state index is -1.16. The van der Waals surface area contributed by atoms with E-state index in [0.29, 0.717) is 24.5 Å². The average molecular weight is 334 g/mol. The van der Waals surface area contributed by atoms with E-state index in [0.717, 1.165) is 19.3 Å². The minimum absolute atomic E-state index is 0.0374. The van der Waals surface area contributed by atoms with Gasteiger partial charge in [0.15, 0.2) is 5.82 Å². The van der Waals surface area contributed by atoms with Crippen LogP contribution in [-0.2, 0) is 0 Å². The molecule has 1 saturated heterocycles. The maximum atomic E-state index is 13.1. The molecule has 1 aliphatic heterocycles. The average Bonchev–Trinajstić information content (AvgIpc) is 3.02. The summed E-state index contributed by atoms with van der Waals surface area (Å²) in [5.41, 5.74) is 0.352. The monoisotopic (exact) mass is 334 g/mol. The minimum Gasteiger partial charge on any atom is -0.476 e. The highest BCUT2D eigenvalue weighted by Gasteiger charge is 2.30. The Balaban J connectivity index is 1.99. The van der Waals surface area contributed by atoms with Gasteiger partial charge in [-0.1, -0.05) is 0 Å². The number of anilines is 1. The molecule has 0 aliphatic carbocycles. The fourth-order valence-electron chi connectivity index (χ4n) is 3.05. The molecule has 1 aromatic heterocycles. The van der Waals surface area contributed by atoms with Crippen LogP contribution >= 0.6 is 0 Å². The number of benzene rings is 1. The number of carboxylic acids is 1. The molecule has 8 heteroatoms. The van der Waals surface area contributed by atoms with Gasteiger partial charge in [-0.2, -0.15) is 0 Å². The van der Waals surface area contributed by atoms with E-state index in [1.165, 1.54) is 29.1 Å². The van der Waals surface area contributed by atoms with Crippen molar-refractivity contribution in [3.05, 3.63) is 35.8 Å². The Morgan fingerprint density at radius 2 is 2.00 bits per heavy atom. The summed E-state index contributed by atoms with van der Waals surface area (Å²) in [6.45, 7) is 0.711. The summed E-state index contributed by atoms with van der Waals surface area (Å²) in [5, 5.41) is 27.1. The van der Waals surface area contributed by atoms with E-state index in [9.17, 15) is 19.4 Å². The Morgan fingerprint density at radius 1 is 1.25 bits per heavy atom. The third-order valence-electron chi connectivity index (χ3n) is 4.22. The standard InChI is InChI=1S/C16H19FN4O3/c17-11-4-6-13(7-5-11)21-18-14(16(23)24)15(19-21)20-9-2-1-3-12(20)8-10-22/h4-7,12,22H,1-3,8-10H2,(H,23,24). The fraction of sp³-hybridized carbons (Fsp3) is 0.438. The number of carbonyl (C=O) groups is 1. The Labute approximate surface area is 138 Å². The van der Waals surface area contributed by atoms with E-state index >= 15 is 0 Å². The van der Waals surface area contributed by atoms with Gasteiger partial charge in [-0.05, 0) is 49.9 Å². The molecule has 0 saturated carbocycles. The Kier molecular flexibility index (Phi) is 4.75. The molecule has 24 heavy (non-hydrogen) atoms. The van der Waals surface area contributed by atoms with Crippen molar-refractivity contribution in [2.75, 3.05) is 18.1 Å². The van der Waals surface area contributed by atoms with Gasteiger partial charge in [-0.3, -0.25) is 0 Å². The van der Waals surface area contributed by atoms with Crippen molar-refractivity contribution in [1.82, 2.24) is 15.0 Å². The van der Waals surface area contributed by atoms with Crippen LogP contribution in [0.2, 0.25) is 0 Å². The Bertz CT molecular complexity index is 715. The molecule has 0 radical (unpaired) electrons. The van der Waals surface area contributed by atoms with E-state index in [2.05, 4.69) is 10.2 Å². The summed E-state index contributed by atoms with van der Waals surface area (Å²) in [6.07, 6.45) is 3.41. The molecule has 1 unspecified atom stereocenters. The second-order valence-corrected chi connectivity index (χ2v) is 5.80. The van der Waals surface area contributed by atoms with Gasteiger partial charge in [0.25, 0.3) is 0 Å². The number of aliphatic hydroxyl groups is 1. The molecule has 0 amide bonds. The summed E-state index contributed by atoms with van der Waals surface area (Å²) in [5.74, 6) is -1.25. The van der Waals surface area contributed by atoms with Gasteiger partial charge in [-0.25, -0.2) is 9.18 Å². The van der Waals surface area contributed by atoms with Crippen LogP contribution in [0.1, 0.15) is 36.2 Å². The zero-order valence-corrected chi connectivity index (χ0v) is 13.1. The van der Waals surface area contributed by atoms with E-state index in [4.69, 9.17) is 0 Å². The molecule has 1 aromatic carbocycles. The predicted octanol–water partition coefficient (Wildman–Crippen LogP) is 1.85. The molecular formula is C16H19FN4O3. The van der Waals surface area contributed by atoms with Crippen LogP contribution in [0.15, 0.2) is 24.3 Å². The number of aliphatic hydroxyl groups excluding tert-OH is 1. The van der Waals surface area contributed by atoms with Crippen molar-refractivity contribution in [1.29, 1.82) is 0 Å². The number of aromatic nitrogens is 3. The molecule has 1 aliphatic rings. The molecule has 128 valence electrons. The number of aromatic carboxylic acids is 1. The number of halogens is 1. The van der Waals surface area contributed by atoms with Crippen LogP contribution in [-0.4, -0.2) is 50.4 Å². The quantitative estimate of drug-likeness (QED) is 0.867. The van der Waals surface area contributed by atoms with E-state index in [1.54, 1.807) is 0 Å². The highest BCUT2D eigenvalue weighted by atomic mass is 19.1. The molecule has 2 aromatic rings. The fourth-order valence-corrected chi connectivity index (χ4v) is 3.05. The van der Waals surface area contributed by atoms with Gasteiger partial charge in [0, 0.05) is 19.2 Å². The van der Waals surface area contributed by atoms with Crippen LogP contribution < -0.4 is 4.90 Å². The first-order valence-corrected chi connectivity index (χ1v) is 7.94. The first-order valence-electron chi connectivity index (χ1n) is 7.94. The number of carboxylic acid groups (broad SMARTS) is 1. The summed E-state index contributed by atoms with van der Waals surface area (Å²) in [7, 11) is 0. The molecule has 1 fully saturated rings. The smallest absolute Gasteiger partial charge is 0.360 e. The molecule has 2 heterocycles. The molecular weight excluding hydrogens is 315 g/mol. The Morgan fingerprint density at radius 3 is 2.67 bits per heavy atom. The van der Waals surface area contributed by atoms with Crippen molar-refractivity contribution in [3.8, 4) is 5.69 Å². The highest BCUT2D eigenvalue weighted by Crippen LogP contribution is 2.27. The lowest BCUT2D eigenvalue weighted by Gasteiger charge is -2.35. The van der Waals surface area contributed by atoms with E-state index < -0.39 is 5.97 Å². The largest absolute Gasteiger partial charge is 0.476 e. The van der Waals surface area contributed by atoms with Crippen LogP contribution in [0.3, 0.4) is 0 Å². The van der Waals surface area contributed by atoms with Gasteiger partial charge < -0.3 is 15.1 Å². The second-order valence-electron chi connectivity index (χ2n) is 5.80. The van der Waals surface area contributed by atoms with Crippen LogP contribution in [0.25, 0.3) is 5.69 Å². The van der Waals surface area contributed by atoms with Crippen LogP contribution in [0.5, 0.6) is 0 Å². The SMILES string of the molecule is O=C(O)c1nn(-c2ccc(F)cc2)nc1N1CCCCC1CCO. The number of hydrogen-bond acceptors (Lipinski definition) is 5. The van der Waals surface area contributed by atoms with Crippen molar-refractivity contribution >= 4 is 11.8 Å². The zero-order valence-electron chi connectivity index (χ0n) is 13.1. The first kappa shape index (κ1) is 16.4. The molecule has 1 atom stereocenters. The molecule has 0 spiro atoms. The maximum absolute atomic E-state index is 13.1. The molecule has 7 nitrogen and oxygen atoms in total. The van der Waals surface area contributed by atoms with Gasteiger partial charge in [0.05, 0.1) is 5.69 Å². The van der Waals surface area contributed by atoms with E-state index in [1.807, 2.05) is 4.90 Å². The van der Waals surface area contributed by atoms with Crippen molar-refractivity contribution < 1.29 is 19.4 Å². The topological polar surface area (TPSA) is 91.5 Å². The highest BCUT2D eigenvalue weighted by molar-refractivity contribution is 5.91. The molecule has 2 N–H and O–H groups in total. The molecule has 3 rings (SSSR count). The molecule has 0 bridgehead atoms. The lowest BCUT2D eigenvalue weighted by molar-refractivity contribution is 0.0690. The third kappa shape index (κ3) is 3.23. The van der Waals surface area contributed by atoms with E-state index in [-0.39, 0.29) is 24.2 Å². The third-order valence-corrected chi connectivity index (χ3v) is 4.22. The van der Waals surface area contributed by atoms with Crippen LogP contribution in [0, 0.1) is 5.82 Å². The number of rotatable bonds is 5. The maximum Gasteiger partial charge on any atom is 0.360 e. The van der Waals surface area contributed by atoms with Crippen molar-refractivity contribution in [3.63, 3.8) is 0 Å². The summed E-state index contributed by atoms with van der Waals surface area (Å²) < 4.78 is 13.1. The Hall–Kier alpha value is -2.48. The van der Waals surface area contributed by atoms with Gasteiger partial charge in [0.2, 0.25) is 5.69 Å². The zero-order chi connectivity index (χ0) is 17.1. The number of piperidine rings is 1. The number of nitrogens with zero attached hydrogens (tertiary/aromatic N) is 4. The van der Waals surface area contributed by atoms with Crippen LogP contribution in [0.4, 0.5) is 10.2 Å². The second kappa shape index (κ2) is 6.96. The summed E-state index contributed by atoms with van der Waals surface area (Å²) >= 11 is 0. The van der Waals surface area contributed by atoms with Crippen molar-refractivity contribution in [2.45, 2.75) is 31.7 Å². The normalized spacial score (nSPS) is 17.9. The van der Waals surface area contributed by atoms with Gasteiger partial charge in [-0.15, -0.1) is 15.0 Å². The lowest BCUT2D eigenvalue weighted by Crippen LogP contribution is -2.41. The summed E-state index contributed by atoms with van der Waals surface area (Å²) in [4.78, 5) is 14.7.